The molecule has 0 radical (unpaired) electrons. The summed E-state index contributed by atoms with van der Waals surface area (Å²) in [5.41, 5.74) is 1.09. The summed E-state index contributed by atoms with van der Waals surface area (Å²) in [6.07, 6.45) is 4.82. The second kappa shape index (κ2) is 6.50. The zero-order valence-corrected chi connectivity index (χ0v) is 13.9. The number of carbonyl (C=O) groups excluding carboxylic acids is 2. The van der Waals surface area contributed by atoms with Gasteiger partial charge in [0, 0.05) is 31.7 Å². The number of fused-ring (bicyclic) bond motifs is 1. The third-order valence-corrected chi connectivity index (χ3v) is 5.46. The summed E-state index contributed by atoms with van der Waals surface area (Å²) in [5, 5.41) is 3.78. The normalized spacial score (nSPS) is 15.6. The van der Waals surface area contributed by atoms with E-state index in [1.54, 1.807) is 13.2 Å². The fourth-order valence-corrected chi connectivity index (χ4v) is 4.33. The van der Waals surface area contributed by atoms with Crippen molar-refractivity contribution >= 4 is 33.4 Å². The van der Waals surface area contributed by atoms with Crippen LogP contribution in [0.15, 0.2) is 31.0 Å². The maximum atomic E-state index is 12.3. The monoisotopic (exact) mass is 329 g/mol. The van der Waals surface area contributed by atoms with Crippen LogP contribution >= 0.6 is 11.3 Å². The van der Waals surface area contributed by atoms with Gasteiger partial charge in [-0.2, -0.15) is 0 Å². The van der Waals surface area contributed by atoms with Gasteiger partial charge in [-0.3, -0.25) is 9.59 Å². The molecule has 1 N–H and O–H groups in total. The summed E-state index contributed by atoms with van der Waals surface area (Å²) >= 11 is 1.44. The number of nitrogens with zero attached hydrogens (tertiary/aromatic N) is 2. The smallest absolute Gasteiger partial charge is 0.261 e. The summed E-state index contributed by atoms with van der Waals surface area (Å²) in [5.74, 6) is 0.188. The topological polar surface area (TPSA) is 62.3 Å². The number of pyridine rings is 1. The minimum atomic E-state index is -0.0624. The van der Waals surface area contributed by atoms with Crippen molar-refractivity contribution in [2.75, 3.05) is 20.1 Å². The molecule has 0 saturated carbocycles. The van der Waals surface area contributed by atoms with Gasteiger partial charge in [0.25, 0.3) is 5.91 Å². The van der Waals surface area contributed by atoms with Crippen LogP contribution in [0, 0.1) is 0 Å². The molecule has 1 aliphatic rings. The average molecular weight is 329 g/mol. The first-order chi connectivity index (χ1) is 11.2. The van der Waals surface area contributed by atoms with Crippen molar-refractivity contribution in [2.24, 2.45) is 0 Å². The highest BCUT2D eigenvalue weighted by atomic mass is 32.1. The van der Waals surface area contributed by atoms with Gasteiger partial charge in [0.1, 0.15) is 4.83 Å². The first-order valence-electron chi connectivity index (χ1n) is 7.66. The number of hydrogen-bond donors (Lipinski definition) is 1. The van der Waals surface area contributed by atoms with E-state index in [-0.39, 0.29) is 17.7 Å². The van der Waals surface area contributed by atoms with Gasteiger partial charge in [0.05, 0.1) is 4.88 Å². The maximum Gasteiger partial charge on any atom is 0.261 e. The minimum absolute atomic E-state index is 0.0215. The average Bonchev–Trinajstić information content (AvgIpc) is 3.00. The molecule has 3 rings (SSSR count). The SMILES string of the molecule is C=CC(=O)N1CCC(c2c(C(=O)NC)sc3ncccc23)CC1. The Bertz CT molecular complexity index is 760. The Morgan fingerprint density at radius 1 is 1.43 bits per heavy atom. The molecule has 2 aromatic heterocycles. The van der Waals surface area contributed by atoms with Gasteiger partial charge in [-0.1, -0.05) is 12.6 Å². The molecule has 5 nitrogen and oxygen atoms in total. The van der Waals surface area contributed by atoms with Crippen molar-refractivity contribution < 1.29 is 9.59 Å². The van der Waals surface area contributed by atoms with Crippen molar-refractivity contribution in [2.45, 2.75) is 18.8 Å². The van der Waals surface area contributed by atoms with Crippen LogP contribution < -0.4 is 5.32 Å². The van der Waals surface area contributed by atoms with E-state index in [9.17, 15) is 9.59 Å². The van der Waals surface area contributed by atoms with E-state index in [1.807, 2.05) is 17.0 Å². The molecule has 23 heavy (non-hydrogen) atoms. The molecule has 0 aromatic carbocycles. The quantitative estimate of drug-likeness (QED) is 0.880. The molecule has 3 heterocycles. The van der Waals surface area contributed by atoms with Crippen molar-refractivity contribution in [3.05, 3.63) is 41.4 Å². The standard InChI is InChI=1S/C17H19N3O2S/c1-3-13(21)20-9-6-11(7-10-20)14-12-5-4-8-19-17(12)23-15(14)16(22)18-2/h3-5,8,11H,1,6-7,9-10H2,2H3,(H,18,22). The predicted octanol–water partition coefficient (Wildman–Crippen LogP) is 2.55. The van der Waals surface area contributed by atoms with E-state index in [0.29, 0.717) is 13.1 Å². The van der Waals surface area contributed by atoms with E-state index in [2.05, 4.69) is 16.9 Å². The molecule has 1 fully saturated rings. The van der Waals surface area contributed by atoms with Crippen molar-refractivity contribution in [3.63, 3.8) is 0 Å². The molecule has 6 heteroatoms. The summed E-state index contributed by atoms with van der Waals surface area (Å²) in [4.78, 5) is 31.8. The number of aromatic nitrogens is 1. The molecule has 0 spiro atoms. The Morgan fingerprint density at radius 2 is 2.17 bits per heavy atom. The van der Waals surface area contributed by atoms with Crippen molar-refractivity contribution in [1.82, 2.24) is 15.2 Å². The Hall–Kier alpha value is -2.21. The molecule has 2 amide bonds. The summed E-state index contributed by atoms with van der Waals surface area (Å²) in [7, 11) is 1.65. The zero-order valence-electron chi connectivity index (χ0n) is 13.0. The molecular formula is C17H19N3O2S. The molecule has 120 valence electrons. The molecule has 0 bridgehead atoms. The number of likely N-dealkylation sites (tertiary alicyclic amines) is 1. The Kier molecular flexibility index (Phi) is 4.43. The molecule has 0 aliphatic carbocycles. The lowest BCUT2D eigenvalue weighted by atomic mass is 9.87. The lowest BCUT2D eigenvalue weighted by Gasteiger charge is -2.31. The third-order valence-electron chi connectivity index (χ3n) is 4.33. The van der Waals surface area contributed by atoms with E-state index in [1.165, 1.54) is 17.4 Å². The molecule has 0 atom stereocenters. The number of rotatable bonds is 3. The van der Waals surface area contributed by atoms with E-state index < -0.39 is 0 Å². The molecule has 1 saturated heterocycles. The van der Waals surface area contributed by atoms with Crippen LogP contribution in [-0.4, -0.2) is 41.8 Å². The highest BCUT2D eigenvalue weighted by Crippen LogP contribution is 2.39. The van der Waals surface area contributed by atoms with Gasteiger partial charge in [-0.05, 0) is 36.5 Å². The van der Waals surface area contributed by atoms with Crippen LogP contribution in [0.2, 0.25) is 0 Å². The highest BCUT2D eigenvalue weighted by molar-refractivity contribution is 7.20. The number of amides is 2. The number of thiophene rings is 1. The minimum Gasteiger partial charge on any atom is -0.354 e. The fourth-order valence-electron chi connectivity index (χ4n) is 3.16. The van der Waals surface area contributed by atoms with Crippen LogP contribution in [0.5, 0.6) is 0 Å². The summed E-state index contributed by atoms with van der Waals surface area (Å²) < 4.78 is 0. The van der Waals surface area contributed by atoms with Crippen LogP contribution in [0.1, 0.15) is 34.0 Å². The first kappa shape index (κ1) is 15.7. The lowest BCUT2D eigenvalue weighted by Crippen LogP contribution is -2.37. The second-order valence-corrected chi connectivity index (χ2v) is 6.58. The predicted molar refractivity (Wildman–Crippen MR) is 91.8 cm³/mol. The second-order valence-electron chi connectivity index (χ2n) is 5.58. The molecule has 1 aliphatic heterocycles. The van der Waals surface area contributed by atoms with Gasteiger partial charge in [0.15, 0.2) is 0 Å². The van der Waals surface area contributed by atoms with Crippen LogP contribution in [0.25, 0.3) is 10.2 Å². The Balaban J connectivity index is 1.95. The number of nitrogens with one attached hydrogen (secondary N) is 1. The van der Waals surface area contributed by atoms with Crippen molar-refractivity contribution in [3.8, 4) is 0 Å². The molecule has 2 aromatic rings. The zero-order chi connectivity index (χ0) is 16.4. The molecular weight excluding hydrogens is 310 g/mol. The summed E-state index contributed by atoms with van der Waals surface area (Å²) in [6, 6.07) is 3.93. The largest absolute Gasteiger partial charge is 0.354 e. The van der Waals surface area contributed by atoms with Crippen LogP contribution in [-0.2, 0) is 4.79 Å². The summed E-state index contributed by atoms with van der Waals surface area (Å²) in [6.45, 7) is 4.93. The highest BCUT2D eigenvalue weighted by Gasteiger charge is 2.29. The Morgan fingerprint density at radius 3 is 2.83 bits per heavy atom. The number of hydrogen-bond acceptors (Lipinski definition) is 4. The van der Waals surface area contributed by atoms with E-state index >= 15 is 0 Å². The van der Waals surface area contributed by atoms with Gasteiger partial charge >= 0.3 is 0 Å². The molecule has 0 unspecified atom stereocenters. The third kappa shape index (κ3) is 2.86. The van der Waals surface area contributed by atoms with E-state index in [0.717, 1.165) is 33.5 Å². The lowest BCUT2D eigenvalue weighted by molar-refractivity contribution is -0.127. The van der Waals surface area contributed by atoms with Gasteiger partial charge in [-0.15, -0.1) is 11.3 Å². The van der Waals surface area contributed by atoms with Gasteiger partial charge < -0.3 is 10.2 Å². The number of carbonyl (C=O) groups is 2. The first-order valence-corrected chi connectivity index (χ1v) is 8.48. The van der Waals surface area contributed by atoms with Crippen molar-refractivity contribution in [1.29, 1.82) is 0 Å². The van der Waals surface area contributed by atoms with Crippen LogP contribution in [0.3, 0.4) is 0 Å². The number of piperidine rings is 1. The van der Waals surface area contributed by atoms with Gasteiger partial charge in [-0.25, -0.2) is 4.98 Å². The van der Waals surface area contributed by atoms with Gasteiger partial charge in [0.2, 0.25) is 5.91 Å². The fraction of sp³-hybridized carbons (Fsp3) is 0.353. The van der Waals surface area contributed by atoms with Crippen LogP contribution in [0.4, 0.5) is 0 Å². The Labute approximate surface area is 139 Å². The van der Waals surface area contributed by atoms with E-state index in [4.69, 9.17) is 0 Å². The maximum absolute atomic E-state index is 12.3.